The molecule has 4 saturated carbocycles. The zero-order valence-corrected chi connectivity index (χ0v) is 43.0. The molecule has 0 heterocycles. The molecule has 0 spiro atoms. The maximum atomic E-state index is 2.71. The van der Waals surface area contributed by atoms with Crippen LogP contribution < -0.4 is 0 Å². The Morgan fingerprint density at radius 3 is 0.793 bits per heavy atom. The van der Waals surface area contributed by atoms with E-state index < -0.39 is 0 Å². The monoisotopic (exact) mass is 793 g/mol. The summed E-state index contributed by atoms with van der Waals surface area (Å²) >= 11 is 0. The Bertz CT molecular complexity index is 1600. The molecule has 0 nitrogen and oxygen atoms in total. The van der Waals surface area contributed by atoms with Gasteiger partial charge in [0.15, 0.2) is 0 Å². The smallest absolute Gasteiger partial charge is 0.00943 e. The van der Waals surface area contributed by atoms with Gasteiger partial charge in [0.2, 0.25) is 0 Å². The van der Waals surface area contributed by atoms with Crippen molar-refractivity contribution in [2.75, 3.05) is 0 Å². The molecule has 0 bridgehead atoms. The summed E-state index contributed by atoms with van der Waals surface area (Å²) in [6.07, 6.45) is 4.05. The average molecular weight is 793 g/mol. The normalized spacial score (nSPS) is 39.9. The highest BCUT2D eigenvalue weighted by Gasteiger charge is 2.61. The predicted octanol–water partition coefficient (Wildman–Crippen LogP) is 17.0. The number of hydrogen-bond donors (Lipinski definition) is 0. The Balaban J connectivity index is 0.000000839. The van der Waals surface area contributed by atoms with Crippen LogP contribution in [0.15, 0.2) is 0 Å². The Labute approximate surface area is 362 Å². The highest BCUT2D eigenvalue weighted by molar-refractivity contribution is 5.53. The molecular weight excluding hydrogens is 697 g/mol. The fraction of sp³-hybridized carbons (Fsp3) is 0.793. The first-order chi connectivity index (χ1) is 26.8. The quantitative estimate of drug-likeness (QED) is 0.273. The van der Waals surface area contributed by atoms with Crippen LogP contribution in [-0.2, 0) is 0 Å². The first kappa shape index (κ1) is 47.5. The molecule has 2 aromatic rings. The van der Waals surface area contributed by atoms with E-state index in [0.29, 0.717) is 17.3 Å². The van der Waals surface area contributed by atoms with Crippen LogP contribution in [0, 0.1) is 169 Å². The lowest BCUT2D eigenvalue weighted by Gasteiger charge is -2.52. The van der Waals surface area contributed by atoms with E-state index in [1.165, 1.54) is 30.4 Å². The molecule has 4 aliphatic rings. The van der Waals surface area contributed by atoms with Gasteiger partial charge in [-0.15, -0.1) is 0 Å². The fourth-order valence-corrected chi connectivity index (χ4v) is 15.4. The van der Waals surface area contributed by atoms with Gasteiger partial charge in [-0.2, -0.15) is 0 Å². The van der Waals surface area contributed by atoms with E-state index in [9.17, 15) is 0 Å². The minimum atomic E-state index is 0.583. The van der Waals surface area contributed by atoms with Crippen molar-refractivity contribution >= 4 is 0 Å². The van der Waals surface area contributed by atoms with Crippen molar-refractivity contribution in [2.24, 2.45) is 100 Å². The van der Waals surface area contributed by atoms with Gasteiger partial charge in [0.25, 0.3) is 0 Å². The molecule has 0 amide bonds. The maximum absolute atomic E-state index is 2.71. The maximum Gasteiger partial charge on any atom is -0.00943 e. The Kier molecular flexibility index (Phi) is 14.2. The number of rotatable bonds is 6. The van der Waals surface area contributed by atoms with Gasteiger partial charge in [-0.05, 0) is 254 Å². The van der Waals surface area contributed by atoms with Crippen molar-refractivity contribution in [3.63, 3.8) is 0 Å². The number of fused-ring (bicyclic) bond motifs is 2. The van der Waals surface area contributed by atoms with E-state index >= 15 is 0 Å². The molecule has 0 aromatic heterocycles. The molecule has 0 saturated heterocycles. The van der Waals surface area contributed by atoms with Crippen LogP contribution in [-0.4, -0.2) is 0 Å². The second kappa shape index (κ2) is 17.3. The van der Waals surface area contributed by atoms with E-state index in [0.717, 1.165) is 94.7 Å². The fourth-order valence-electron chi connectivity index (χ4n) is 15.4. The van der Waals surface area contributed by atoms with Crippen LogP contribution in [0.2, 0.25) is 0 Å². The van der Waals surface area contributed by atoms with Gasteiger partial charge in [-0.1, -0.05) is 110 Å². The Morgan fingerprint density at radius 2 is 0.552 bits per heavy atom. The summed E-state index contributed by atoms with van der Waals surface area (Å²) in [5, 5.41) is 0. The van der Waals surface area contributed by atoms with Crippen molar-refractivity contribution in [2.45, 2.75) is 197 Å². The lowest BCUT2D eigenvalue weighted by molar-refractivity contribution is 0.000812. The molecule has 328 valence electrons. The molecule has 0 heteroatoms. The van der Waals surface area contributed by atoms with Gasteiger partial charge in [-0.25, -0.2) is 0 Å². The molecule has 0 aliphatic heterocycles. The summed E-state index contributed by atoms with van der Waals surface area (Å²) in [4.78, 5) is 0. The van der Waals surface area contributed by atoms with Crippen molar-refractivity contribution in [3.05, 3.63) is 66.8 Å². The molecule has 4 fully saturated rings. The van der Waals surface area contributed by atoms with Crippen molar-refractivity contribution in [3.8, 4) is 0 Å². The van der Waals surface area contributed by atoms with Crippen LogP contribution in [0.5, 0.6) is 0 Å². The van der Waals surface area contributed by atoms with E-state index in [-0.39, 0.29) is 0 Å². The Hall–Kier alpha value is -1.56. The Morgan fingerprint density at radius 1 is 0.310 bits per heavy atom. The van der Waals surface area contributed by atoms with Crippen LogP contribution in [0.3, 0.4) is 0 Å². The molecule has 4 aliphatic carbocycles. The van der Waals surface area contributed by atoms with Crippen LogP contribution in [0.4, 0.5) is 0 Å². The third-order valence-electron chi connectivity index (χ3n) is 21.8. The molecular formula is C58H96. The van der Waals surface area contributed by atoms with Gasteiger partial charge in [0.1, 0.15) is 0 Å². The summed E-state index contributed by atoms with van der Waals surface area (Å²) in [6.45, 7) is 60.1. The van der Waals surface area contributed by atoms with Crippen molar-refractivity contribution in [1.29, 1.82) is 0 Å². The summed E-state index contributed by atoms with van der Waals surface area (Å²) < 4.78 is 0. The second-order valence-electron chi connectivity index (χ2n) is 23.5. The topological polar surface area (TPSA) is 0 Å². The first-order valence-electron chi connectivity index (χ1n) is 25.0. The molecule has 58 heavy (non-hydrogen) atoms. The minimum absolute atomic E-state index is 0.583. The zero-order chi connectivity index (χ0) is 43.9. The largest absolute Gasteiger partial charge is 0.0649 e. The molecule has 18 unspecified atom stereocenters. The van der Waals surface area contributed by atoms with Crippen LogP contribution in [0.1, 0.15) is 195 Å². The van der Waals surface area contributed by atoms with Crippen LogP contribution >= 0.6 is 0 Å². The van der Waals surface area contributed by atoms with E-state index in [1.807, 2.05) is 0 Å². The average Bonchev–Trinajstić information content (AvgIpc) is 3.59. The molecule has 0 radical (unpaired) electrons. The highest BCUT2D eigenvalue weighted by atomic mass is 14.7. The standard InChI is InChI=1S/C51H80.C7H16/c1-22-24(3)32(11)44(33(12)25(22)4)48-38(17)28(7)36(15)46-42(30(9)40(19)50(46)48)21-43-31(10)41(20)51-47(43)37(16)29(8)39(18)49(51)45-34(13)26(5)23(2)27(6)35(45)14;1-5-7(3,4)6-2/h28-31,36-43,46-51H,21H2,1-20H3;5-6H2,1-4H3. The molecule has 2 aromatic carbocycles. The third-order valence-corrected chi connectivity index (χ3v) is 21.8. The van der Waals surface area contributed by atoms with E-state index in [1.54, 1.807) is 55.6 Å². The summed E-state index contributed by atoms with van der Waals surface area (Å²) in [5.74, 6) is 13.9. The zero-order valence-electron chi connectivity index (χ0n) is 43.0. The summed E-state index contributed by atoms with van der Waals surface area (Å²) in [7, 11) is 0. The van der Waals surface area contributed by atoms with Gasteiger partial charge in [0, 0.05) is 0 Å². The highest BCUT2D eigenvalue weighted by Crippen LogP contribution is 2.68. The predicted molar refractivity (Wildman–Crippen MR) is 257 cm³/mol. The minimum Gasteiger partial charge on any atom is -0.0649 e. The molecule has 6 rings (SSSR count). The summed E-state index contributed by atoms with van der Waals surface area (Å²) in [5.41, 5.74) is 19.7. The lowest BCUT2D eigenvalue weighted by atomic mass is 9.52. The van der Waals surface area contributed by atoms with Crippen molar-refractivity contribution < 1.29 is 0 Å². The third kappa shape index (κ3) is 7.45. The molecule has 0 N–H and O–H groups in total. The molecule has 18 atom stereocenters. The van der Waals surface area contributed by atoms with Crippen molar-refractivity contribution in [1.82, 2.24) is 0 Å². The first-order valence-corrected chi connectivity index (χ1v) is 25.0. The van der Waals surface area contributed by atoms with E-state index in [2.05, 4.69) is 166 Å². The van der Waals surface area contributed by atoms with Gasteiger partial charge in [0.05, 0.1) is 0 Å². The number of benzene rings is 2. The summed E-state index contributed by atoms with van der Waals surface area (Å²) in [6, 6.07) is 0. The lowest BCUT2D eigenvalue weighted by Crippen LogP contribution is -2.45. The van der Waals surface area contributed by atoms with E-state index in [4.69, 9.17) is 0 Å². The van der Waals surface area contributed by atoms with Gasteiger partial charge < -0.3 is 0 Å². The number of hydrogen-bond acceptors (Lipinski definition) is 0. The second-order valence-corrected chi connectivity index (χ2v) is 23.5. The van der Waals surface area contributed by atoms with Crippen LogP contribution in [0.25, 0.3) is 0 Å². The van der Waals surface area contributed by atoms with Gasteiger partial charge in [-0.3, -0.25) is 0 Å². The van der Waals surface area contributed by atoms with Gasteiger partial charge >= 0.3 is 0 Å². The SMILES string of the molecule is CCC(C)(C)CC.Cc1c(C)c(C)c(C2C(C)C(C)C(C)C3C(CC4C(C)C(C)C5C(c6c(C)c(C)c(C)c(C)c6C)C(C)C(C)C(C)C45)C(C)C(C)C23)c(C)c1C.